The van der Waals surface area contributed by atoms with Crippen molar-refractivity contribution >= 4 is 87.5 Å². The van der Waals surface area contributed by atoms with Crippen LogP contribution in [0, 0.1) is 0 Å². The number of hydrogen-bond donors (Lipinski definition) is 1. The minimum Gasteiger partial charge on any atom is -0.369 e. The molecule has 45 heavy (non-hydrogen) atoms. The first kappa shape index (κ1) is 25.5. The van der Waals surface area contributed by atoms with E-state index in [0.29, 0.717) is 5.96 Å². The van der Waals surface area contributed by atoms with E-state index in [-0.39, 0.29) is 0 Å². The molecule has 0 amide bonds. The fourth-order valence-electron chi connectivity index (χ4n) is 7.62. The van der Waals surface area contributed by atoms with E-state index < -0.39 is 0 Å². The lowest BCUT2D eigenvalue weighted by molar-refractivity contribution is 0.833. The molecule has 1 aliphatic heterocycles. The van der Waals surface area contributed by atoms with Crippen molar-refractivity contribution in [1.82, 2.24) is 4.57 Å². The summed E-state index contributed by atoms with van der Waals surface area (Å²) in [6.07, 6.45) is 3.12. The van der Waals surface area contributed by atoms with E-state index in [1.165, 1.54) is 68.2 Å². The Morgan fingerprint density at radius 1 is 0.622 bits per heavy atom. The fraction of sp³-hybridized carbons (Fsp3) is 0.0750. The smallest absolute Gasteiger partial charge is 0.205 e. The number of fused-ring (bicyclic) bond motifs is 2. The molecule has 0 unspecified atom stereocenters. The predicted molar refractivity (Wildman–Crippen MR) is 194 cm³/mol. The van der Waals surface area contributed by atoms with Crippen LogP contribution in [0.4, 0.5) is 0 Å². The van der Waals surface area contributed by atoms with Crippen LogP contribution in [0.15, 0.2) is 130 Å². The van der Waals surface area contributed by atoms with Crippen molar-refractivity contribution < 1.29 is 0 Å². The normalized spacial score (nSPS) is 15.7. The number of thioether (sulfide) groups is 1. The minimum absolute atomic E-state index is 0.496. The maximum Gasteiger partial charge on any atom is 0.205 e. The Hall–Kier alpha value is -4.84. The van der Waals surface area contributed by atoms with Gasteiger partial charge in [-0.2, -0.15) is 0 Å². The van der Waals surface area contributed by atoms with Crippen LogP contribution in [-0.4, -0.2) is 10.5 Å². The number of benzene rings is 6. The summed E-state index contributed by atoms with van der Waals surface area (Å²) >= 11 is 3.73. The summed E-state index contributed by atoms with van der Waals surface area (Å²) in [5.74, 6) is 0.496. The van der Waals surface area contributed by atoms with Crippen LogP contribution in [0.25, 0.3) is 69.6 Å². The summed E-state index contributed by atoms with van der Waals surface area (Å²) < 4.78 is 4.84. The fourth-order valence-corrected chi connectivity index (χ4v) is 9.98. The summed E-state index contributed by atoms with van der Waals surface area (Å²) in [6, 6.07) is 41.8. The zero-order valence-corrected chi connectivity index (χ0v) is 26.0. The Labute approximate surface area is 268 Å². The average molecular weight is 614 g/mol. The second-order valence-corrected chi connectivity index (χ2v) is 14.2. The van der Waals surface area contributed by atoms with E-state index in [1.807, 2.05) is 23.1 Å². The van der Waals surface area contributed by atoms with Crippen molar-refractivity contribution in [2.24, 2.45) is 10.7 Å². The third kappa shape index (κ3) is 3.62. The van der Waals surface area contributed by atoms with Gasteiger partial charge < -0.3 is 5.73 Å². The van der Waals surface area contributed by atoms with Crippen LogP contribution < -0.4 is 5.73 Å². The lowest BCUT2D eigenvalue weighted by atomic mass is 9.95. The third-order valence-electron chi connectivity index (χ3n) is 9.51. The number of aliphatic imine (C=N–C) groups is 1. The summed E-state index contributed by atoms with van der Waals surface area (Å²) in [5.41, 5.74) is 15.5. The molecule has 2 N–H and O–H groups in total. The number of hydrogen-bond acceptors (Lipinski definition) is 3. The van der Waals surface area contributed by atoms with Gasteiger partial charge in [0.1, 0.15) is 0 Å². The SMILES string of the molecule is N/C(=N\C(=C1/CCCc2ccccc2S1)c1ccccc1)n1c2ccc3cccc4c3c2c2c3c(ccc21)sc1cccc-4c13. The van der Waals surface area contributed by atoms with Gasteiger partial charge >= 0.3 is 0 Å². The van der Waals surface area contributed by atoms with Crippen molar-refractivity contribution in [1.29, 1.82) is 0 Å². The monoisotopic (exact) mass is 613 g/mol. The Kier molecular flexibility index (Phi) is 5.42. The lowest BCUT2D eigenvalue weighted by Gasteiger charge is -2.14. The molecule has 0 saturated heterocycles. The van der Waals surface area contributed by atoms with Crippen LogP contribution in [-0.2, 0) is 6.42 Å². The van der Waals surface area contributed by atoms with Gasteiger partial charge in [0.15, 0.2) is 0 Å². The number of rotatable bonds is 2. The summed E-state index contributed by atoms with van der Waals surface area (Å²) in [4.78, 5) is 7.94. The second kappa shape index (κ2) is 9.58. The molecular formula is C40H27N3S2. The highest BCUT2D eigenvalue weighted by atomic mass is 32.2. The van der Waals surface area contributed by atoms with Crippen molar-refractivity contribution in [3.8, 4) is 11.1 Å². The molecule has 3 nitrogen and oxygen atoms in total. The molecule has 8 aromatic rings. The molecule has 0 atom stereocenters. The largest absolute Gasteiger partial charge is 0.369 e. The average Bonchev–Trinajstić information content (AvgIpc) is 3.49. The van der Waals surface area contributed by atoms with Gasteiger partial charge in [0.25, 0.3) is 0 Å². The highest BCUT2D eigenvalue weighted by Crippen LogP contribution is 2.51. The number of thiophene rings is 1. The molecule has 5 heteroatoms. The summed E-state index contributed by atoms with van der Waals surface area (Å²) in [6.45, 7) is 0. The molecule has 2 aliphatic rings. The molecule has 3 heterocycles. The van der Waals surface area contributed by atoms with Crippen LogP contribution in [0.1, 0.15) is 24.0 Å². The second-order valence-electron chi connectivity index (χ2n) is 12.0. The van der Waals surface area contributed by atoms with Crippen molar-refractivity contribution in [2.75, 3.05) is 0 Å². The van der Waals surface area contributed by atoms with E-state index in [0.717, 1.165) is 41.6 Å². The highest BCUT2D eigenvalue weighted by molar-refractivity contribution is 8.03. The first-order chi connectivity index (χ1) is 22.2. The van der Waals surface area contributed by atoms with Gasteiger partial charge in [-0.05, 0) is 77.1 Å². The van der Waals surface area contributed by atoms with Gasteiger partial charge in [-0.1, -0.05) is 96.7 Å². The lowest BCUT2D eigenvalue weighted by Crippen LogP contribution is -2.22. The van der Waals surface area contributed by atoms with Crippen LogP contribution in [0.2, 0.25) is 0 Å². The first-order valence-electron chi connectivity index (χ1n) is 15.5. The number of aryl methyl sites for hydroxylation is 1. The molecule has 0 fully saturated rings. The summed E-state index contributed by atoms with van der Waals surface area (Å²) in [5, 5.41) is 7.78. The van der Waals surface area contributed by atoms with Crippen LogP contribution in [0.5, 0.6) is 0 Å². The van der Waals surface area contributed by atoms with E-state index in [9.17, 15) is 0 Å². The van der Waals surface area contributed by atoms with Gasteiger partial charge in [-0.3, -0.25) is 4.57 Å². The van der Waals surface area contributed by atoms with Crippen molar-refractivity contribution in [3.05, 3.63) is 131 Å². The van der Waals surface area contributed by atoms with E-state index >= 15 is 0 Å². The van der Waals surface area contributed by atoms with Crippen LogP contribution in [0.3, 0.4) is 0 Å². The zero-order chi connectivity index (χ0) is 29.6. The standard InChI is InChI=1S/C40H27N3S2/c41-40(42-39(25-10-2-1-3-11-25)33-18-7-12-23-9-4-5-16-30(23)44-33)43-28-20-19-24-13-6-14-26-27-15-8-17-31-35(27)38-32(45-31)22-21-29(43)37(38)36(28)34(24)26/h1-6,8-11,13-17,19-22H,7,12,18H2,(H2,41,42)/b39-33+. The highest BCUT2D eigenvalue weighted by Gasteiger charge is 2.26. The number of nitrogens with two attached hydrogens (primary N) is 1. The van der Waals surface area contributed by atoms with Crippen LogP contribution >= 0.6 is 23.1 Å². The van der Waals surface area contributed by atoms with Gasteiger partial charge in [0.05, 0.1) is 16.7 Å². The van der Waals surface area contributed by atoms with E-state index in [4.69, 9.17) is 10.7 Å². The topological polar surface area (TPSA) is 43.3 Å². The first-order valence-corrected chi connectivity index (χ1v) is 17.1. The van der Waals surface area contributed by atoms with Gasteiger partial charge in [-0.25, -0.2) is 4.99 Å². The molecule has 0 bridgehead atoms. The Morgan fingerprint density at radius 2 is 1.36 bits per heavy atom. The predicted octanol–water partition coefficient (Wildman–Crippen LogP) is 11.0. The maximum atomic E-state index is 7.21. The van der Waals surface area contributed by atoms with Crippen molar-refractivity contribution in [3.63, 3.8) is 0 Å². The van der Waals surface area contributed by atoms with E-state index in [1.54, 1.807) is 0 Å². The molecule has 2 aromatic heterocycles. The quantitative estimate of drug-likeness (QED) is 0.156. The minimum atomic E-state index is 0.496. The third-order valence-corrected chi connectivity index (χ3v) is 11.9. The Morgan fingerprint density at radius 3 is 2.24 bits per heavy atom. The molecule has 214 valence electrons. The number of nitrogens with zero attached hydrogens (tertiary/aromatic N) is 2. The number of aromatic nitrogens is 1. The molecular weight excluding hydrogens is 587 g/mol. The molecule has 0 saturated carbocycles. The Bertz CT molecular complexity index is 2600. The van der Waals surface area contributed by atoms with Gasteiger partial charge in [-0.15, -0.1) is 11.3 Å². The molecule has 0 radical (unpaired) electrons. The van der Waals surface area contributed by atoms with Crippen molar-refractivity contribution in [2.45, 2.75) is 24.2 Å². The van der Waals surface area contributed by atoms with Gasteiger partial charge in [0, 0.05) is 46.3 Å². The Balaban J connectivity index is 1.30. The molecule has 0 spiro atoms. The molecule has 6 aromatic carbocycles. The maximum absolute atomic E-state index is 7.21. The molecule has 10 rings (SSSR count). The van der Waals surface area contributed by atoms with Gasteiger partial charge in [0.2, 0.25) is 5.96 Å². The molecule has 1 aliphatic carbocycles. The number of allylic oxidation sites excluding steroid dienone is 1. The van der Waals surface area contributed by atoms with E-state index in [2.05, 4.69) is 120 Å². The summed E-state index contributed by atoms with van der Waals surface area (Å²) in [7, 11) is 0. The zero-order valence-electron chi connectivity index (χ0n) is 24.4.